The Morgan fingerprint density at radius 3 is 2.92 bits per heavy atom. The standard InChI is InChI=1S/C18H24N4O2.2ClH/c1-14-12-15(6-7-20-14)18(23)21-16-4-2-3-5-17(16)24-11-10-22-9-8-19-13-22;;/h2-5,8-9,13-15,20H,6-7,10-12H2,1H3,(H,21,23);2*1H/t14-,15-;;/m0../s1. The molecular weight excluding hydrogens is 375 g/mol. The summed E-state index contributed by atoms with van der Waals surface area (Å²) in [5, 5.41) is 6.40. The number of hydrogen-bond acceptors (Lipinski definition) is 4. The van der Waals surface area contributed by atoms with E-state index in [-0.39, 0.29) is 36.6 Å². The predicted octanol–water partition coefficient (Wildman–Crippen LogP) is 3.13. The summed E-state index contributed by atoms with van der Waals surface area (Å²) in [6, 6.07) is 7.97. The summed E-state index contributed by atoms with van der Waals surface area (Å²) in [4.78, 5) is 16.5. The molecule has 2 atom stereocenters. The van der Waals surface area contributed by atoms with E-state index in [2.05, 4.69) is 22.5 Å². The van der Waals surface area contributed by atoms with Crippen LogP contribution in [0.3, 0.4) is 0 Å². The highest BCUT2D eigenvalue weighted by Crippen LogP contribution is 2.26. The Morgan fingerprint density at radius 2 is 2.19 bits per heavy atom. The molecule has 2 N–H and O–H groups in total. The topological polar surface area (TPSA) is 68.2 Å². The molecule has 0 radical (unpaired) electrons. The fourth-order valence-electron chi connectivity index (χ4n) is 2.98. The Morgan fingerprint density at radius 1 is 1.38 bits per heavy atom. The van der Waals surface area contributed by atoms with Crippen molar-refractivity contribution in [2.75, 3.05) is 18.5 Å². The van der Waals surface area contributed by atoms with Crippen LogP contribution in [0.4, 0.5) is 5.69 Å². The zero-order chi connectivity index (χ0) is 16.8. The van der Waals surface area contributed by atoms with E-state index in [0.29, 0.717) is 24.9 Å². The molecule has 1 aliphatic rings. The van der Waals surface area contributed by atoms with Crippen molar-refractivity contribution in [2.24, 2.45) is 5.92 Å². The van der Waals surface area contributed by atoms with Gasteiger partial charge < -0.3 is 19.9 Å². The number of carbonyl (C=O) groups excluding carboxylic acids is 1. The number of anilines is 1. The molecule has 2 heterocycles. The summed E-state index contributed by atoms with van der Waals surface area (Å²) >= 11 is 0. The first-order valence-corrected chi connectivity index (χ1v) is 8.44. The van der Waals surface area contributed by atoms with E-state index in [1.165, 1.54) is 0 Å². The number of benzene rings is 1. The largest absolute Gasteiger partial charge is 0.490 e. The van der Waals surface area contributed by atoms with E-state index in [1.54, 1.807) is 12.5 Å². The summed E-state index contributed by atoms with van der Waals surface area (Å²) < 4.78 is 7.80. The second kappa shape index (κ2) is 11.1. The number of hydrogen-bond donors (Lipinski definition) is 2. The third kappa shape index (κ3) is 6.20. The number of nitrogens with zero attached hydrogens (tertiary/aromatic N) is 2. The van der Waals surface area contributed by atoms with Crippen LogP contribution in [0.15, 0.2) is 43.0 Å². The number of rotatable bonds is 6. The normalized spacial score (nSPS) is 19.0. The van der Waals surface area contributed by atoms with Gasteiger partial charge in [-0.2, -0.15) is 0 Å². The van der Waals surface area contributed by atoms with Crippen molar-refractivity contribution in [3.05, 3.63) is 43.0 Å². The molecule has 0 bridgehead atoms. The molecule has 2 aromatic rings. The van der Waals surface area contributed by atoms with E-state index in [0.717, 1.165) is 25.1 Å². The first-order chi connectivity index (χ1) is 11.7. The minimum Gasteiger partial charge on any atom is -0.490 e. The highest BCUT2D eigenvalue weighted by Gasteiger charge is 2.25. The van der Waals surface area contributed by atoms with Crippen molar-refractivity contribution < 1.29 is 9.53 Å². The fourth-order valence-corrected chi connectivity index (χ4v) is 2.98. The van der Waals surface area contributed by atoms with Crippen LogP contribution in [-0.4, -0.2) is 34.7 Å². The summed E-state index contributed by atoms with van der Waals surface area (Å²) in [6.45, 7) is 4.25. The number of piperidine rings is 1. The van der Waals surface area contributed by atoms with E-state index in [4.69, 9.17) is 4.74 Å². The van der Waals surface area contributed by atoms with Gasteiger partial charge in [0, 0.05) is 24.4 Å². The molecule has 1 aromatic heterocycles. The molecule has 1 aliphatic heterocycles. The van der Waals surface area contributed by atoms with Gasteiger partial charge in [-0.3, -0.25) is 4.79 Å². The molecule has 0 unspecified atom stereocenters. The lowest BCUT2D eigenvalue weighted by Gasteiger charge is -2.27. The number of halogens is 2. The minimum atomic E-state index is 0. The lowest BCUT2D eigenvalue weighted by Crippen LogP contribution is -2.40. The van der Waals surface area contributed by atoms with Gasteiger partial charge in [0.15, 0.2) is 0 Å². The third-order valence-electron chi connectivity index (χ3n) is 4.31. The maximum absolute atomic E-state index is 12.5. The number of ether oxygens (including phenoxy) is 1. The second-order valence-electron chi connectivity index (χ2n) is 6.21. The van der Waals surface area contributed by atoms with E-state index < -0.39 is 0 Å². The van der Waals surface area contributed by atoms with Gasteiger partial charge in [-0.05, 0) is 38.4 Å². The van der Waals surface area contributed by atoms with E-state index in [9.17, 15) is 4.79 Å². The van der Waals surface area contributed by atoms with Crippen LogP contribution in [0, 0.1) is 5.92 Å². The van der Waals surface area contributed by atoms with Gasteiger partial charge in [0.2, 0.25) is 5.91 Å². The molecule has 0 spiro atoms. The zero-order valence-corrected chi connectivity index (χ0v) is 16.4. The maximum atomic E-state index is 12.5. The molecular formula is C18H26Cl2N4O2. The Hall–Kier alpha value is -1.76. The van der Waals surface area contributed by atoms with Crippen molar-refractivity contribution in [3.8, 4) is 5.75 Å². The SMILES string of the molecule is C[C@H]1C[C@@H](C(=O)Nc2ccccc2OCCn2ccnc2)CCN1.Cl.Cl. The zero-order valence-electron chi connectivity index (χ0n) is 14.8. The minimum absolute atomic E-state index is 0. The Bertz CT molecular complexity index is 667. The fraction of sp³-hybridized carbons (Fsp3) is 0.444. The first kappa shape index (κ1) is 22.3. The van der Waals surface area contributed by atoms with Crippen LogP contribution in [-0.2, 0) is 11.3 Å². The first-order valence-electron chi connectivity index (χ1n) is 8.44. The maximum Gasteiger partial charge on any atom is 0.227 e. The van der Waals surface area contributed by atoms with Gasteiger partial charge >= 0.3 is 0 Å². The van der Waals surface area contributed by atoms with Crippen molar-refractivity contribution in [3.63, 3.8) is 0 Å². The second-order valence-corrected chi connectivity index (χ2v) is 6.21. The quantitative estimate of drug-likeness (QED) is 0.781. The monoisotopic (exact) mass is 400 g/mol. The predicted molar refractivity (Wildman–Crippen MR) is 107 cm³/mol. The summed E-state index contributed by atoms with van der Waals surface area (Å²) in [6.07, 6.45) is 7.15. The van der Waals surface area contributed by atoms with E-state index in [1.807, 2.05) is 35.0 Å². The number of nitrogens with one attached hydrogen (secondary N) is 2. The molecule has 1 saturated heterocycles. The van der Waals surface area contributed by atoms with Crippen LogP contribution < -0.4 is 15.4 Å². The Kier molecular flexibility index (Phi) is 9.48. The molecule has 1 fully saturated rings. The molecule has 8 heteroatoms. The summed E-state index contributed by atoms with van der Waals surface area (Å²) in [7, 11) is 0. The van der Waals surface area contributed by atoms with Gasteiger partial charge in [0.1, 0.15) is 12.4 Å². The van der Waals surface area contributed by atoms with Crippen LogP contribution in [0.25, 0.3) is 0 Å². The van der Waals surface area contributed by atoms with Crippen LogP contribution in [0.1, 0.15) is 19.8 Å². The van der Waals surface area contributed by atoms with Crippen molar-refractivity contribution in [1.29, 1.82) is 0 Å². The lowest BCUT2D eigenvalue weighted by atomic mass is 9.92. The average molecular weight is 401 g/mol. The van der Waals surface area contributed by atoms with Crippen molar-refractivity contribution in [1.82, 2.24) is 14.9 Å². The number of aromatic nitrogens is 2. The van der Waals surface area contributed by atoms with Gasteiger partial charge in [-0.25, -0.2) is 4.98 Å². The Labute approximate surface area is 166 Å². The molecule has 1 aromatic carbocycles. The van der Waals surface area contributed by atoms with E-state index >= 15 is 0 Å². The van der Waals surface area contributed by atoms with Crippen LogP contribution >= 0.6 is 24.8 Å². The van der Waals surface area contributed by atoms with Gasteiger partial charge in [-0.1, -0.05) is 12.1 Å². The smallest absolute Gasteiger partial charge is 0.227 e. The number of para-hydroxylation sites is 2. The molecule has 0 saturated carbocycles. The molecule has 6 nitrogen and oxygen atoms in total. The summed E-state index contributed by atoms with van der Waals surface area (Å²) in [5.41, 5.74) is 0.735. The van der Waals surface area contributed by atoms with Crippen LogP contribution in [0.2, 0.25) is 0 Å². The molecule has 1 amide bonds. The highest BCUT2D eigenvalue weighted by molar-refractivity contribution is 5.94. The van der Waals surface area contributed by atoms with Gasteiger partial charge in [-0.15, -0.1) is 24.8 Å². The summed E-state index contributed by atoms with van der Waals surface area (Å²) in [5.74, 6) is 0.835. The number of imidazole rings is 1. The highest BCUT2D eigenvalue weighted by atomic mass is 35.5. The molecule has 0 aliphatic carbocycles. The lowest BCUT2D eigenvalue weighted by molar-refractivity contribution is -0.120. The molecule has 144 valence electrons. The Balaban J connectivity index is 0.00000169. The van der Waals surface area contributed by atoms with Crippen molar-refractivity contribution in [2.45, 2.75) is 32.4 Å². The van der Waals surface area contributed by atoms with Gasteiger partial charge in [0.25, 0.3) is 0 Å². The third-order valence-corrected chi connectivity index (χ3v) is 4.31. The average Bonchev–Trinajstić information content (AvgIpc) is 3.10. The van der Waals surface area contributed by atoms with Crippen molar-refractivity contribution >= 4 is 36.4 Å². The van der Waals surface area contributed by atoms with Gasteiger partial charge in [0.05, 0.1) is 18.6 Å². The van der Waals surface area contributed by atoms with Crippen LogP contribution in [0.5, 0.6) is 5.75 Å². The number of amides is 1. The molecule has 3 rings (SSSR count). The number of carbonyl (C=O) groups is 1. The molecule has 26 heavy (non-hydrogen) atoms.